The number of thiocarbonyl (C=S) groups is 1. The molecule has 5 heteroatoms. The number of nitrogens with zero attached hydrogens (tertiary/aromatic N) is 1. The van der Waals surface area contributed by atoms with Gasteiger partial charge < -0.3 is 0 Å². The molecular weight excluding hydrogens is 269 g/mol. The van der Waals surface area contributed by atoms with Crippen LogP contribution < -0.4 is 0 Å². The van der Waals surface area contributed by atoms with E-state index in [2.05, 4.69) is 22.4 Å². The van der Waals surface area contributed by atoms with Crippen molar-refractivity contribution in [2.45, 2.75) is 15.8 Å². The maximum atomic E-state index is 5.86. The van der Waals surface area contributed by atoms with Gasteiger partial charge in [0.2, 0.25) is 4.46 Å². The van der Waals surface area contributed by atoms with E-state index in [9.17, 15) is 0 Å². The first-order chi connectivity index (χ1) is 7.14. The van der Waals surface area contributed by atoms with Crippen LogP contribution in [0.3, 0.4) is 0 Å². The van der Waals surface area contributed by atoms with Crippen LogP contribution in [0.1, 0.15) is 6.42 Å². The molecule has 0 saturated carbocycles. The number of benzene rings is 1. The predicted octanol–water partition coefficient (Wildman–Crippen LogP) is 4.40. The highest BCUT2D eigenvalue weighted by molar-refractivity contribution is 7.99. The number of halogens is 2. The Hall–Kier alpha value is -0.0500. The third kappa shape index (κ3) is 5.55. The Morgan fingerprint density at radius 1 is 1.33 bits per heavy atom. The summed E-state index contributed by atoms with van der Waals surface area (Å²) in [4.78, 5) is 4.86. The summed E-state index contributed by atoms with van der Waals surface area (Å²) in [6, 6.07) is 10.0. The van der Waals surface area contributed by atoms with Gasteiger partial charge in [0, 0.05) is 17.1 Å². The van der Waals surface area contributed by atoms with Gasteiger partial charge in [-0.2, -0.15) is 4.99 Å². The van der Waals surface area contributed by atoms with Crippen LogP contribution in [0.15, 0.2) is 40.2 Å². The van der Waals surface area contributed by atoms with Crippen molar-refractivity contribution >= 4 is 52.3 Å². The van der Waals surface area contributed by atoms with Crippen molar-refractivity contribution < 1.29 is 0 Å². The summed E-state index contributed by atoms with van der Waals surface area (Å²) in [6.07, 6.45) is 0.541. The number of alkyl halides is 2. The van der Waals surface area contributed by atoms with Crippen LogP contribution in [0.2, 0.25) is 0 Å². The molecule has 0 unspecified atom stereocenters. The topological polar surface area (TPSA) is 12.4 Å². The average molecular weight is 278 g/mol. The van der Waals surface area contributed by atoms with E-state index in [1.54, 1.807) is 11.8 Å². The molecule has 0 fully saturated rings. The van der Waals surface area contributed by atoms with Crippen molar-refractivity contribution in [1.29, 1.82) is 0 Å². The predicted molar refractivity (Wildman–Crippen MR) is 71.2 cm³/mol. The van der Waals surface area contributed by atoms with E-state index in [4.69, 9.17) is 23.2 Å². The molecule has 80 valence electrons. The normalized spacial score (nSPS) is 10.8. The Morgan fingerprint density at radius 2 is 2.00 bits per heavy atom. The largest absolute Gasteiger partial charge is 0.217 e. The van der Waals surface area contributed by atoms with Gasteiger partial charge in [0.1, 0.15) is 0 Å². The van der Waals surface area contributed by atoms with E-state index in [-0.39, 0.29) is 0 Å². The molecule has 0 aliphatic heterocycles. The van der Waals surface area contributed by atoms with Crippen LogP contribution >= 0.6 is 47.2 Å². The molecule has 0 heterocycles. The fourth-order valence-electron chi connectivity index (χ4n) is 0.931. The number of aliphatic imine (C=N–C) groups is 1. The van der Waals surface area contributed by atoms with E-state index in [1.165, 1.54) is 4.90 Å². The third-order valence-corrected chi connectivity index (χ3v) is 3.28. The molecule has 1 rings (SSSR count). The quantitative estimate of drug-likeness (QED) is 0.260. The van der Waals surface area contributed by atoms with Crippen molar-refractivity contribution in [1.82, 2.24) is 0 Å². The first-order valence-corrected chi connectivity index (χ1v) is 6.44. The first kappa shape index (κ1) is 13.0. The molecule has 1 aromatic rings. The van der Waals surface area contributed by atoms with Gasteiger partial charge in [0.25, 0.3) is 0 Å². The van der Waals surface area contributed by atoms with Crippen molar-refractivity contribution in [2.24, 2.45) is 4.99 Å². The SMILES string of the molecule is S=C=NC(Cl)(Cl)CCSc1ccccc1. The van der Waals surface area contributed by atoms with Gasteiger partial charge in [-0.25, -0.2) is 0 Å². The molecular formula is C10H9Cl2NS2. The highest BCUT2D eigenvalue weighted by Crippen LogP contribution is 2.30. The minimum absolute atomic E-state index is 0.541. The second kappa shape index (κ2) is 6.51. The van der Waals surface area contributed by atoms with E-state index < -0.39 is 4.46 Å². The minimum atomic E-state index is -1.14. The molecule has 0 radical (unpaired) electrons. The highest BCUT2D eigenvalue weighted by Gasteiger charge is 2.21. The number of hydrogen-bond acceptors (Lipinski definition) is 3. The number of rotatable bonds is 5. The zero-order valence-corrected chi connectivity index (χ0v) is 11.0. The van der Waals surface area contributed by atoms with Crippen LogP contribution in [0.5, 0.6) is 0 Å². The zero-order chi connectivity index (χ0) is 11.1. The molecule has 15 heavy (non-hydrogen) atoms. The van der Waals surface area contributed by atoms with Crippen LogP contribution in [0, 0.1) is 0 Å². The monoisotopic (exact) mass is 277 g/mol. The Bertz CT molecular complexity index is 348. The first-order valence-electron chi connectivity index (χ1n) is 4.29. The number of isothiocyanates is 1. The summed E-state index contributed by atoms with van der Waals surface area (Å²) in [5, 5.41) is 2.19. The summed E-state index contributed by atoms with van der Waals surface area (Å²) in [5.41, 5.74) is 0. The van der Waals surface area contributed by atoms with Gasteiger partial charge in [-0.05, 0) is 24.4 Å². The molecule has 0 aromatic heterocycles. The Labute approximate surface area is 109 Å². The molecule has 1 aromatic carbocycles. The summed E-state index contributed by atoms with van der Waals surface area (Å²) in [7, 11) is 0. The van der Waals surface area contributed by atoms with Gasteiger partial charge in [0.05, 0.1) is 5.16 Å². The molecule has 0 atom stereocenters. The van der Waals surface area contributed by atoms with Crippen LogP contribution in [-0.2, 0) is 0 Å². The Balaban J connectivity index is 2.37. The van der Waals surface area contributed by atoms with Crippen molar-refractivity contribution in [3.63, 3.8) is 0 Å². The maximum absolute atomic E-state index is 5.86. The van der Waals surface area contributed by atoms with Gasteiger partial charge >= 0.3 is 0 Å². The Morgan fingerprint density at radius 3 is 2.60 bits per heavy atom. The lowest BCUT2D eigenvalue weighted by atomic mass is 10.4. The molecule has 0 N–H and O–H groups in total. The fourth-order valence-corrected chi connectivity index (χ4v) is 2.67. The van der Waals surface area contributed by atoms with Gasteiger partial charge in [-0.15, -0.1) is 11.8 Å². The van der Waals surface area contributed by atoms with E-state index in [1.807, 2.05) is 30.3 Å². The molecule has 0 aliphatic carbocycles. The second-order valence-corrected chi connectivity index (χ2v) is 5.58. The van der Waals surface area contributed by atoms with Crippen molar-refractivity contribution in [3.8, 4) is 0 Å². The van der Waals surface area contributed by atoms with Crippen LogP contribution in [-0.4, -0.2) is 15.4 Å². The number of thioether (sulfide) groups is 1. The summed E-state index contributed by atoms with van der Waals surface area (Å²) in [6.45, 7) is 0. The number of hydrogen-bond donors (Lipinski definition) is 0. The summed E-state index contributed by atoms with van der Waals surface area (Å²) in [5.74, 6) is 0.789. The molecule has 0 amide bonds. The van der Waals surface area contributed by atoms with E-state index in [0.717, 1.165) is 5.75 Å². The molecule has 0 saturated heterocycles. The lowest BCUT2D eigenvalue weighted by Gasteiger charge is -2.11. The summed E-state index contributed by atoms with van der Waals surface area (Å²) >= 11 is 17.9. The zero-order valence-electron chi connectivity index (χ0n) is 7.82. The fraction of sp³-hybridized carbons (Fsp3) is 0.300. The minimum Gasteiger partial charge on any atom is -0.193 e. The lowest BCUT2D eigenvalue weighted by Crippen LogP contribution is -2.09. The molecule has 0 aliphatic rings. The maximum Gasteiger partial charge on any atom is 0.217 e. The standard InChI is InChI=1S/C10H9Cl2NS2/c11-10(12,13-8-14)6-7-15-9-4-2-1-3-5-9/h1-5H,6-7H2. The third-order valence-electron chi connectivity index (χ3n) is 1.62. The second-order valence-electron chi connectivity index (χ2n) is 2.78. The summed E-state index contributed by atoms with van der Waals surface area (Å²) < 4.78 is -1.14. The molecule has 0 spiro atoms. The van der Waals surface area contributed by atoms with Gasteiger partial charge in [-0.1, -0.05) is 41.4 Å². The van der Waals surface area contributed by atoms with Crippen LogP contribution in [0.25, 0.3) is 0 Å². The smallest absolute Gasteiger partial charge is 0.193 e. The molecule has 0 bridgehead atoms. The lowest BCUT2D eigenvalue weighted by molar-refractivity contribution is 0.800. The van der Waals surface area contributed by atoms with Crippen molar-refractivity contribution in [3.05, 3.63) is 30.3 Å². The molecule has 1 nitrogen and oxygen atoms in total. The Kier molecular flexibility index (Phi) is 5.65. The average Bonchev–Trinajstić information content (AvgIpc) is 2.19. The highest BCUT2D eigenvalue weighted by atomic mass is 35.5. The van der Waals surface area contributed by atoms with Crippen molar-refractivity contribution in [2.75, 3.05) is 5.75 Å². The van der Waals surface area contributed by atoms with E-state index >= 15 is 0 Å². The van der Waals surface area contributed by atoms with Gasteiger partial charge in [0.15, 0.2) is 0 Å². The van der Waals surface area contributed by atoms with Crippen LogP contribution in [0.4, 0.5) is 0 Å². The van der Waals surface area contributed by atoms with Gasteiger partial charge in [-0.3, -0.25) is 0 Å². The van der Waals surface area contributed by atoms with E-state index in [0.29, 0.717) is 6.42 Å².